The van der Waals surface area contributed by atoms with Crippen LogP contribution in [0.3, 0.4) is 0 Å². The first kappa shape index (κ1) is 12.7. The van der Waals surface area contributed by atoms with E-state index in [9.17, 15) is 0 Å². The van der Waals surface area contributed by atoms with Gasteiger partial charge in [0.15, 0.2) is 0 Å². The van der Waals surface area contributed by atoms with E-state index in [2.05, 4.69) is 21.0 Å². The highest BCUT2D eigenvalue weighted by Crippen LogP contribution is 2.26. The number of nitrogens with two attached hydrogens (primary N) is 1. The SMILES string of the molecule is COc1cc(N)ccc1Cn1ccnc1-c1cccs1. The van der Waals surface area contributed by atoms with Crippen molar-refractivity contribution in [3.63, 3.8) is 0 Å². The fourth-order valence-corrected chi connectivity index (χ4v) is 2.88. The molecule has 4 nitrogen and oxygen atoms in total. The van der Waals surface area contributed by atoms with Gasteiger partial charge in [-0.1, -0.05) is 12.1 Å². The van der Waals surface area contributed by atoms with Crippen LogP contribution in [-0.2, 0) is 6.54 Å². The van der Waals surface area contributed by atoms with Crippen LogP contribution in [0.15, 0.2) is 48.1 Å². The lowest BCUT2D eigenvalue weighted by atomic mass is 10.2. The Morgan fingerprint density at radius 2 is 2.25 bits per heavy atom. The molecule has 0 saturated carbocycles. The van der Waals surface area contributed by atoms with Gasteiger partial charge in [-0.2, -0.15) is 0 Å². The zero-order chi connectivity index (χ0) is 13.9. The topological polar surface area (TPSA) is 53.1 Å². The van der Waals surface area contributed by atoms with E-state index >= 15 is 0 Å². The molecule has 1 aromatic carbocycles. The van der Waals surface area contributed by atoms with Crippen LogP contribution in [0.25, 0.3) is 10.7 Å². The van der Waals surface area contributed by atoms with Crippen molar-refractivity contribution in [2.45, 2.75) is 6.54 Å². The number of hydrogen-bond donors (Lipinski definition) is 1. The first-order valence-corrected chi connectivity index (χ1v) is 7.13. The van der Waals surface area contributed by atoms with Crippen LogP contribution in [-0.4, -0.2) is 16.7 Å². The maximum absolute atomic E-state index is 5.79. The van der Waals surface area contributed by atoms with Crippen LogP contribution in [0.1, 0.15) is 5.56 Å². The molecule has 3 rings (SSSR count). The van der Waals surface area contributed by atoms with Crippen LogP contribution in [0, 0.1) is 0 Å². The van der Waals surface area contributed by atoms with Gasteiger partial charge in [0.25, 0.3) is 0 Å². The minimum Gasteiger partial charge on any atom is -0.496 e. The summed E-state index contributed by atoms with van der Waals surface area (Å²) >= 11 is 1.68. The molecule has 3 aromatic rings. The molecule has 0 atom stereocenters. The molecular weight excluding hydrogens is 270 g/mol. The molecule has 0 unspecified atom stereocenters. The van der Waals surface area contributed by atoms with E-state index < -0.39 is 0 Å². The van der Waals surface area contributed by atoms with E-state index in [1.807, 2.05) is 36.7 Å². The summed E-state index contributed by atoms with van der Waals surface area (Å²) in [5.74, 6) is 1.77. The molecule has 0 fully saturated rings. The molecule has 0 spiro atoms. The van der Waals surface area contributed by atoms with Crippen molar-refractivity contribution in [3.8, 4) is 16.5 Å². The van der Waals surface area contributed by atoms with Crippen LogP contribution in [0.4, 0.5) is 5.69 Å². The van der Waals surface area contributed by atoms with Crippen molar-refractivity contribution in [2.75, 3.05) is 12.8 Å². The van der Waals surface area contributed by atoms with E-state index in [0.717, 1.165) is 22.0 Å². The van der Waals surface area contributed by atoms with Gasteiger partial charge in [0.2, 0.25) is 0 Å². The Hall–Kier alpha value is -2.27. The molecule has 0 aliphatic heterocycles. The van der Waals surface area contributed by atoms with Crippen molar-refractivity contribution in [2.24, 2.45) is 0 Å². The lowest BCUT2D eigenvalue weighted by Gasteiger charge is -2.11. The number of rotatable bonds is 4. The molecule has 0 amide bonds. The van der Waals surface area contributed by atoms with Gasteiger partial charge in [-0.25, -0.2) is 4.98 Å². The molecule has 20 heavy (non-hydrogen) atoms. The first-order chi connectivity index (χ1) is 9.78. The van der Waals surface area contributed by atoms with Crippen LogP contribution < -0.4 is 10.5 Å². The van der Waals surface area contributed by atoms with Crippen molar-refractivity contribution in [1.29, 1.82) is 0 Å². The van der Waals surface area contributed by atoms with Gasteiger partial charge in [0, 0.05) is 29.7 Å². The van der Waals surface area contributed by atoms with Crippen molar-refractivity contribution in [1.82, 2.24) is 9.55 Å². The molecule has 2 aromatic heterocycles. The second-order valence-corrected chi connectivity index (χ2v) is 5.38. The number of imidazole rings is 1. The number of methoxy groups -OCH3 is 1. The average molecular weight is 285 g/mol. The Morgan fingerprint density at radius 1 is 1.35 bits per heavy atom. The Kier molecular flexibility index (Phi) is 3.43. The molecule has 2 N–H and O–H groups in total. The van der Waals surface area contributed by atoms with Crippen LogP contribution in [0.5, 0.6) is 5.75 Å². The smallest absolute Gasteiger partial charge is 0.150 e. The van der Waals surface area contributed by atoms with E-state index in [0.29, 0.717) is 12.2 Å². The molecule has 0 radical (unpaired) electrons. The van der Waals surface area contributed by atoms with E-state index in [4.69, 9.17) is 10.5 Å². The second kappa shape index (κ2) is 5.38. The number of thiophene rings is 1. The Morgan fingerprint density at radius 3 is 3.00 bits per heavy atom. The number of nitrogens with zero attached hydrogens (tertiary/aromatic N) is 2. The molecule has 102 valence electrons. The molecular formula is C15H15N3OS. The van der Waals surface area contributed by atoms with E-state index in [1.165, 1.54) is 0 Å². The predicted molar refractivity (Wildman–Crippen MR) is 82.0 cm³/mol. The van der Waals surface area contributed by atoms with Crippen LogP contribution in [0.2, 0.25) is 0 Å². The fraction of sp³-hybridized carbons (Fsp3) is 0.133. The first-order valence-electron chi connectivity index (χ1n) is 6.25. The lowest BCUT2D eigenvalue weighted by molar-refractivity contribution is 0.408. The predicted octanol–water partition coefficient (Wildman–Crippen LogP) is 3.25. The Bertz CT molecular complexity index is 704. The van der Waals surface area contributed by atoms with Gasteiger partial charge in [0.05, 0.1) is 18.5 Å². The summed E-state index contributed by atoms with van der Waals surface area (Å²) in [5.41, 5.74) is 7.57. The minimum atomic E-state index is 0.703. The standard InChI is InChI=1S/C15H15N3OS/c1-19-13-9-12(16)5-4-11(13)10-18-7-6-17-15(18)14-3-2-8-20-14/h2-9H,10,16H2,1H3. The lowest BCUT2D eigenvalue weighted by Crippen LogP contribution is -2.03. The van der Waals surface area contributed by atoms with Crippen LogP contribution >= 0.6 is 11.3 Å². The largest absolute Gasteiger partial charge is 0.496 e. The number of nitrogen functional groups attached to an aromatic ring is 1. The number of anilines is 1. The van der Waals surface area contributed by atoms with E-state index in [-0.39, 0.29) is 0 Å². The average Bonchev–Trinajstić information content (AvgIpc) is 3.11. The number of hydrogen-bond acceptors (Lipinski definition) is 4. The molecule has 0 bridgehead atoms. The normalized spacial score (nSPS) is 10.7. The number of ether oxygens (including phenoxy) is 1. The molecule has 0 aliphatic carbocycles. The molecule has 0 saturated heterocycles. The zero-order valence-electron chi connectivity index (χ0n) is 11.1. The third-order valence-corrected chi connectivity index (χ3v) is 3.97. The highest BCUT2D eigenvalue weighted by Gasteiger charge is 2.10. The van der Waals surface area contributed by atoms with Gasteiger partial charge in [0.1, 0.15) is 11.6 Å². The van der Waals surface area contributed by atoms with Gasteiger partial charge >= 0.3 is 0 Å². The summed E-state index contributed by atoms with van der Waals surface area (Å²) in [5, 5.41) is 2.05. The quantitative estimate of drug-likeness (QED) is 0.749. The fourth-order valence-electron chi connectivity index (χ4n) is 2.14. The molecule has 2 heterocycles. The maximum atomic E-state index is 5.79. The number of aromatic nitrogens is 2. The minimum absolute atomic E-state index is 0.703. The summed E-state index contributed by atoms with van der Waals surface area (Å²) < 4.78 is 7.51. The maximum Gasteiger partial charge on any atom is 0.150 e. The summed E-state index contributed by atoms with van der Waals surface area (Å²) in [6.45, 7) is 0.705. The third-order valence-electron chi connectivity index (χ3n) is 3.11. The third kappa shape index (κ3) is 2.40. The second-order valence-electron chi connectivity index (χ2n) is 4.43. The summed E-state index contributed by atoms with van der Waals surface area (Å²) in [6, 6.07) is 9.83. The Balaban J connectivity index is 1.95. The van der Waals surface area contributed by atoms with Gasteiger partial charge < -0.3 is 15.0 Å². The Labute approximate surface area is 121 Å². The van der Waals surface area contributed by atoms with Crippen molar-refractivity contribution >= 4 is 17.0 Å². The van der Waals surface area contributed by atoms with E-state index in [1.54, 1.807) is 18.4 Å². The molecule has 5 heteroatoms. The highest BCUT2D eigenvalue weighted by molar-refractivity contribution is 7.13. The van der Waals surface area contributed by atoms with Crippen molar-refractivity contribution in [3.05, 3.63) is 53.7 Å². The monoisotopic (exact) mass is 285 g/mol. The summed E-state index contributed by atoms with van der Waals surface area (Å²) in [6.07, 6.45) is 3.80. The highest BCUT2D eigenvalue weighted by atomic mass is 32.1. The summed E-state index contributed by atoms with van der Waals surface area (Å²) in [7, 11) is 1.66. The summed E-state index contributed by atoms with van der Waals surface area (Å²) in [4.78, 5) is 5.59. The number of benzene rings is 1. The van der Waals surface area contributed by atoms with Gasteiger partial charge in [-0.15, -0.1) is 11.3 Å². The van der Waals surface area contributed by atoms with Crippen molar-refractivity contribution < 1.29 is 4.74 Å². The molecule has 0 aliphatic rings. The zero-order valence-corrected chi connectivity index (χ0v) is 11.9. The van der Waals surface area contributed by atoms with Gasteiger partial charge in [-0.3, -0.25) is 0 Å². The van der Waals surface area contributed by atoms with Gasteiger partial charge in [-0.05, 0) is 17.5 Å².